The normalized spacial score (nSPS) is 17.9. The maximum Gasteiger partial charge on any atom is 0.262 e. The minimum atomic E-state index is -3.71. The second-order valence-electron chi connectivity index (χ2n) is 9.56. The van der Waals surface area contributed by atoms with Crippen LogP contribution in [0.3, 0.4) is 0 Å². The number of aryl methyl sites for hydroxylation is 3. The van der Waals surface area contributed by atoms with E-state index in [0.717, 1.165) is 74.4 Å². The first kappa shape index (κ1) is 24.7. The molecule has 4 rings (SSSR count). The summed E-state index contributed by atoms with van der Waals surface area (Å²) in [5, 5.41) is 3.11. The van der Waals surface area contributed by atoms with Gasteiger partial charge in [0.2, 0.25) is 5.91 Å². The third kappa shape index (κ3) is 5.45. The number of benzene rings is 2. The predicted molar refractivity (Wildman–Crippen MR) is 134 cm³/mol. The van der Waals surface area contributed by atoms with E-state index in [1.165, 1.54) is 0 Å². The number of ether oxygens (including phenoxy) is 1. The Labute approximate surface area is 202 Å². The van der Waals surface area contributed by atoms with Gasteiger partial charge in [0.15, 0.2) is 0 Å². The molecule has 1 amide bonds. The summed E-state index contributed by atoms with van der Waals surface area (Å²) in [4.78, 5) is 15.6. The monoisotopic (exact) mass is 485 g/mol. The summed E-state index contributed by atoms with van der Waals surface area (Å²) in [5.74, 6) is 0.0636. The van der Waals surface area contributed by atoms with Gasteiger partial charge < -0.3 is 10.1 Å². The van der Waals surface area contributed by atoms with Gasteiger partial charge in [-0.2, -0.15) is 0 Å². The fourth-order valence-electron chi connectivity index (χ4n) is 4.92. The van der Waals surface area contributed by atoms with Crippen molar-refractivity contribution in [1.29, 1.82) is 0 Å². The Bertz CT molecular complexity index is 1110. The molecule has 0 spiro atoms. The lowest BCUT2D eigenvalue weighted by molar-refractivity contribution is -0.123. The van der Waals surface area contributed by atoms with Crippen LogP contribution in [-0.4, -0.2) is 58.6 Å². The van der Waals surface area contributed by atoms with E-state index in [0.29, 0.717) is 17.1 Å². The number of carbonyl (C=O) groups excluding carboxylic acids is 1. The van der Waals surface area contributed by atoms with Crippen molar-refractivity contribution in [2.45, 2.75) is 50.3 Å². The summed E-state index contributed by atoms with van der Waals surface area (Å²) in [6, 6.07) is 11.0. The number of nitrogens with zero attached hydrogens (tertiary/aromatic N) is 1. The molecule has 34 heavy (non-hydrogen) atoms. The van der Waals surface area contributed by atoms with Crippen LogP contribution in [0.4, 0.5) is 5.69 Å². The van der Waals surface area contributed by atoms with Gasteiger partial charge in [0.1, 0.15) is 0 Å². The highest BCUT2D eigenvalue weighted by Crippen LogP contribution is 2.48. The minimum absolute atomic E-state index is 0.0636. The highest BCUT2D eigenvalue weighted by atomic mass is 32.2. The van der Waals surface area contributed by atoms with Gasteiger partial charge in [-0.3, -0.25) is 14.4 Å². The van der Waals surface area contributed by atoms with Crippen LogP contribution in [0, 0.1) is 20.8 Å². The summed E-state index contributed by atoms with van der Waals surface area (Å²) in [6.45, 7) is 10.7. The molecule has 184 valence electrons. The van der Waals surface area contributed by atoms with Gasteiger partial charge in [-0.1, -0.05) is 29.8 Å². The summed E-state index contributed by atoms with van der Waals surface area (Å²) < 4.78 is 34.1. The predicted octanol–water partition coefficient (Wildman–Crippen LogP) is 3.28. The van der Waals surface area contributed by atoms with Gasteiger partial charge in [-0.05, 0) is 75.4 Å². The molecule has 2 aliphatic rings. The van der Waals surface area contributed by atoms with E-state index in [4.69, 9.17) is 4.74 Å². The number of anilines is 1. The molecule has 0 radical (unpaired) electrons. The summed E-state index contributed by atoms with van der Waals surface area (Å²) in [6.07, 6.45) is 2.55. The number of carbonyl (C=O) groups is 1. The molecule has 0 atom stereocenters. The zero-order valence-electron chi connectivity index (χ0n) is 20.3. The first-order valence-electron chi connectivity index (χ1n) is 12.0. The SMILES string of the molecule is Cc1cc(C)c(S(=O)(=O)Nc2ccc(C3(C(=O)NCCCN4CCOCC4)CC3)cc2)c(C)c1. The number of rotatable bonds is 9. The Morgan fingerprint density at radius 3 is 2.24 bits per heavy atom. The van der Waals surface area contributed by atoms with E-state index >= 15 is 0 Å². The van der Waals surface area contributed by atoms with Crippen LogP contribution in [0.15, 0.2) is 41.3 Å². The molecule has 0 bridgehead atoms. The van der Waals surface area contributed by atoms with Crippen LogP contribution in [0.1, 0.15) is 41.5 Å². The zero-order valence-corrected chi connectivity index (χ0v) is 21.1. The molecule has 8 heteroatoms. The number of hydrogen-bond acceptors (Lipinski definition) is 5. The molecule has 7 nitrogen and oxygen atoms in total. The molecule has 2 fully saturated rings. The Balaban J connectivity index is 1.36. The van der Waals surface area contributed by atoms with Crippen molar-refractivity contribution in [2.75, 3.05) is 44.1 Å². The molecule has 2 aromatic carbocycles. The summed E-state index contributed by atoms with van der Waals surface area (Å²) in [7, 11) is -3.71. The molecule has 0 aromatic heterocycles. The molecule has 1 aliphatic heterocycles. The van der Waals surface area contributed by atoms with Crippen molar-refractivity contribution in [1.82, 2.24) is 10.2 Å². The van der Waals surface area contributed by atoms with Crippen LogP contribution in [0.5, 0.6) is 0 Å². The largest absolute Gasteiger partial charge is 0.379 e. The van der Waals surface area contributed by atoms with Crippen LogP contribution < -0.4 is 10.0 Å². The molecular weight excluding hydrogens is 450 g/mol. The highest BCUT2D eigenvalue weighted by Gasteiger charge is 2.51. The van der Waals surface area contributed by atoms with Gasteiger partial charge in [0.05, 0.1) is 23.5 Å². The van der Waals surface area contributed by atoms with Crippen LogP contribution >= 0.6 is 0 Å². The number of hydrogen-bond donors (Lipinski definition) is 2. The second-order valence-corrected chi connectivity index (χ2v) is 11.2. The second kappa shape index (κ2) is 10.1. The van der Waals surface area contributed by atoms with Gasteiger partial charge in [-0.25, -0.2) is 8.42 Å². The molecule has 2 aromatic rings. The van der Waals surface area contributed by atoms with Crippen LogP contribution in [0.2, 0.25) is 0 Å². The van der Waals surface area contributed by atoms with Crippen molar-refractivity contribution in [3.63, 3.8) is 0 Å². The van der Waals surface area contributed by atoms with Crippen molar-refractivity contribution in [2.24, 2.45) is 0 Å². The van der Waals surface area contributed by atoms with Crippen LogP contribution in [-0.2, 0) is 25.0 Å². The third-order valence-corrected chi connectivity index (χ3v) is 8.47. The molecular formula is C26H35N3O4S. The van der Waals surface area contributed by atoms with E-state index < -0.39 is 15.4 Å². The van der Waals surface area contributed by atoms with Crippen molar-refractivity contribution >= 4 is 21.6 Å². The standard InChI is InChI=1S/C26H35N3O4S/c1-19-17-20(2)24(21(3)18-19)34(31,32)28-23-7-5-22(6-8-23)26(9-10-26)25(30)27-11-4-12-29-13-15-33-16-14-29/h5-8,17-18,28H,4,9-16H2,1-3H3,(H,27,30). The Morgan fingerprint density at radius 2 is 1.65 bits per heavy atom. The molecule has 2 N–H and O–H groups in total. The van der Waals surface area contributed by atoms with Crippen molar-refractivity contribution < 1.29 is 17.9 Å². The molecule has 1 saturated carbocycles. The average Bonchev–Trinajstić information content (AvgIpc) is 3.59. The fourth-order valence-corrected chi connectivity index (χ4v) is 6.44. The number of amides is 1. The lowest BCUT2D eigenvalue weighted by Crippen LogP contribution is -2.39. The Hall–Kier alpha value is -2.42. The van der Waals surface area contributed by atoms with E-state index in [1.54, 1.807) is 12.1 Å². The minimum Gasteiger partial charge on any atom is -0.379 e. The maximum absolute atomic E-state index is 13.0. The van der Waals surface area contributed by atoms with E-state index in [1.807, 2.05) is 45.0 Å². The number of nitrogens with one attached hydrogen (secondary N) is 2. The quantitative estimate of drug-likeness (QED) is 0.532. The number of morpholine rings is 1. The van der Waals surface area contributed by atoms with Crippen molar-refractivity contribution in [3.05, 3.63) is 58.7 Å². The van der Waals surface area contributed by atoms with Crippen LogP contribution in [0.25, 0.3) is 0 Å². The molecule has 1 aliphatic carbocycles. The smallest absolute Gasteiger partial charge is 0.262 e. The average molecular weight is 486 g/mol. The van der Waals surface area contributed by atoms with Gasteiger partial charge in [0, 0.05) is 25.3 Å². The summed E-state index contributed by atoms with van der Waals surface area (Å²) in [5.41, 5.74) is 3.43. The van der Waals surface area contributed by atoms with Gasteiger partial charge in [-0.15, -0.1) is 0 Å². The lowest BCUT2D eigenvalue weighted by atomic mass is 9.95. The van der Waals surface area contributed by atoms with Crippen molar-refractivity contribution in [3.8, 4) is 0 Å². The number of sulfonamides is 1. The van der Waals surface area contributed by atoms with E-state index in [2.05, 4.69) is 14.9 Å². The first-order valence-corrected chi connectivity index (χ1v) is 13.5. The van der Waals surface area contributed by atoms with Gasteiger partial charge >= 0.3 is 0 Å². The first-order chi connectivity index (χ1) is 16.2. The Kier molecular flexibility index (Phi) is 7.31. The zero-order chi connectivity index (χ0) is 24.3. The lowest BCUT2D eigenvalue weighted by Gasteiger charge is -2.26. The fraction of sp³-hybridized carbons (Fsp3) is 0.500. The third-order valence-electron chi connectivity index (χ3n) is 6.79. The molecule has 1 saturated heterocycles. The Morgan fingerprint density at radius 1 is 1.03 bits per heavy atom. The highest BCUT2D eigenvalue weighted by molar-refractivity contribution is 7.92. The topological polar surface area (TPSA) is 87.7 Å². The molecule has 0 unspecified atom stereocenters. The maximum atomic E-state index is 13.0. The molecule has 1 heterocycles. The van der Waals surface area contributed by atoms with E-state index in [9.17, 15) is 13.2 Å². The van der Waals surface area contributed by atoms with E-state index in [-0.39, 0.29) is 5.91 Å². The van der Waals surface area contributed by atoms with Gasteiger partial charge in [0.25, 0.3) is 10.0 Å². The summed E-state index contributed by atoms with van der Waals surface area (Å²) >= 11 is 0.